The third-order valence-electron chi connectivity index (χ3n) is 3.84. The van der Waals surface area contributed by atoms with E-state index in [0.29, 0.717) is 6.42 Å². The minimum Gasteiger partial charge on any atom is -0.349 e. The van der Waals surface area contributed by atoms with Crippen LogP contribution in [-0.4, -0.2) is 11.7 Å². The van der Waals surface area contributed by atoms with Crippen LogP contribution in [0.3, 0.4) is 0 Å². The summed E-state index contributed by atoms with van der Waals surface area (Å²) < 4.78 is 0. The van der Waals surface area contributed by atoms with Gasteiger partial charge in [-0.15, -0.1) is 11.8 Å². The molecule has 0 saturated carbocycles. The number of rotatable bonds is 7. The van der Waals surface area contributed by atoms with Crippen molar-refractivity contribution >= 4 is 17.7 Å². The lowest BCUT2D eigenvalue weighted by Gasteiger charge is -2.17. The summed E-state index contributed by atoms with van der Waals surface area (Å²) in [6, 6.07) is 16.9. The van der Waals surface area contributed by atoms with Crippen LogP contribution >= 0.6 is 11.8 Å². The van der Waals surface area contributed by atoms with Gasteiger partial charge in [0.2, 0.25) is 5.91 Å². The first-order valence-corrected chi connectivity index (χ1v) is 9.12. The van der Waals surface area contributed by atoms with Crippen LogP contribution in [0.1, 0.15) is 42.5 Å². The van der Waals surface area contributed by atoms with E-state index in [9.17, 15) is 4.79 Å². The van der Waals surface area contributed by atoms with Crippen molar-refractivity contribution in [3.63, 3.8) is 0 Å². The second-order valence-corrected chi connectivity index (χ2v) is 7.02. The molecule has 3 heteroatoms. The van der Waals surface area contributed by atoms with E-state index in [2.05, 4.69) is 74.6 Å². The molecule has 23 heavy (non-hydrogen) atoms. The van der Waals surface area contributed by atoms with Crippen LogP contribution in [0.5, 0.6) is 0 Å². The predicted molar refractivity (Wildman–Crippen MR) is 98.9 cm³/mol. The van der Waals surface area contributed by atoms with Crippen LogP contribution in [0, 0.1) is 13.8 Å². The number of hydrogen-bond acceptors (Lipinski definition) is 2. The predicted octanol–water partition coefficient (Wildman–Crippen LogP) is 5.05. The van der Waals surface area contributed by atoms with Crippen molar-refractivity contribution in [2.45, 2.75) is 44.6 Å². The van der Waals surface area contributed by atoms with Gasteiger partial charge in [0.05, 0.1) is 6.04 Å². The maximum absolute atomic E-state index is 12.2. The highest BCUT2D eigenvalue weighted by atomic mass is 32.2. The molecule has 0 aliphatic heterocycles. The van der Waals surface area contributed by atoms with E-state index in [1.54, 1.807) is 11.8 Å². The Morgan fingerprint density at radius 3 is 2.13 bits per heavy atom. The monoisotopic (exact) mass is 327 g/mol. The van der Waals surface area contributed by atoms with Gasteiger partial charge >= 0.3 is 0 Å². The van der Waals surface area contributed by atoms with Gasteiger partial charge in [0.25, 0.3) is 0 Å². The number of amides is 1. The number of carbonyl (C=O) groups is 1. The minimum absolute atomic E-state index is 0.104. The van der Waals surface area contributed by atoms with Crippen LogP contribution in [0.2, 0.25) is 0 Å². The normalized spacial score (nSPS) is 12.0. The van der Waals surface area contributed by atoms with E-state index in [0.717, 1.165) is 12.2 Å². The van der Waals surface area contributed by atoms with Gasteiger partial charge in [0.15, 0.2) is 0 Å². The van der Waals surface area contributed by atoms with Crippen molar-refractivity contribution in [1.82, 2.24) is 5.32 Å². The van der Waals surface area contributed by atoms with Crippen LogP contribution in [-0.2, 0) is 4.79 Å². The number of benzene rings is 2. The number of carbonyl (C=O) groups excluding carboxylic acids is 1. The summed E-state index contributed by atoms with van der Waals surface area (Å²) >= 11 is 1.73. The summed E-state index contributed by atoms with van der Waals surface area (Å²) in [7, 11) is 0. The van der Waals surface area contributed by atoms with E-state index in [4.69, 9.17) is 0 Å². The largest absolute Gasteiger partial charge is 0.349 e. The summed E-state index contributed by atoms with van der Waals surface area (Å²) in [6.45, 7) is 6.26. The van der Waals surface area contributed by atoms with Gasteiger partial charge in [0.1, 0.15) is 0 Å². The molecule has 0 unspecified atom stereocenters. The van der Waals surface area contributed by atoms with Crippen molar-refractivity contribution in [3.05, 3.63) is 65.2 Å². The van der Waals surface area contributed by atoms with E-state index in [1.807, 2.05) is 0 Å². The Morgan fingerprint density at radius 2 is 1.57 bits per heavy atom. The third kappa shape index (κ3) is 5.76. The second kappa shape index (κ2) is 8.78. The maximum atomic E-state index is 12.2. The fraction of sp³-hybridized carbons (Fsp3) is 0.350. The van der Waals surface area contributed by atoms with Crippen LogP contribution in [0.4, 0.5) is 0 Å². The summed E-state index contributed by atoms with van der Waals surface area (Å²) in [4.78, 5) is 13.4. The van der Waals surface area contributed by atoms with Gasteiger partial charge in [-0.25, -0.2) is 0 Å². The molecule has 0 bridgehead atoms. The quantitative estimate of drug-likeness (QED) is 0.721. The highest BCUT2D eigenvalue weighted by Gasteiger charge is 2.12. The average molecular weight is 327 g/mol. The molecule has 0 aliphatic rings. The summed E-state index contributed by atoms with van der Waals surface area (Å²) in [5, 5.41) is 3.15. The molecule has 122 valence electrons. The number of aryl methyl sites for hydroxylation is 2. The zero-order valence-corrected chi connectivity index (χ0v) is 15.0. The standard InChI is InChI=1S/C20H25NOS/c1-4-19(17-9-5-15(2)6-10-17)21-20(22)13-14-23-18-11-7-16(3)8-12-18/h5-12,19H,4,13-14H2,1-3H3,(H,21,22)/t19-/m0/s1. The molecule has 0 spiro atoms. The fourth-order valence-corrected chi connectivity index (χ4v) is 3.23. The Labute approximate surface area is 143 Å². The first-order valence-electron chi connectivity index (χ1n) is 8.14. The van der Waals surface area contributed by atoms with Crippen molar-refractivity contribution in [2.24, 2.45) is 0 Å². The number of thioether (sulfide) groups is 1. The zero-order valence-electron chi connectivity index (χ0n) is 14.1. The molecule has 0 saturated heterocycles. The lowest BCUT2D eigenvalue weighted by Crippen LogP contribution is -2.28. The molecule has 0 radical (unpaired) electrons. The molecule has 1 amide bonds. The molecular formula is C20H25NOS. The van der Waals surface area contributed by atoms with Crippen LogP contribution < -0.4 is 5.32 Å². The van der Waals surface area contributed by atoms with Crippen LogP contribution in [0.15, 0.2) is 53.4 Å². The lowest BCUT2D eigenvalue weighted by molar-refractivity contribution is -0.121. The Kier molecular flexibility index (Phi) is 6.72. The van der Waals surface area contributed by atoms with Crippen molar-refractivity contribution in [2.75, 3.05) is 5.75 Å². The van der Waals surface area contributed by atoms with Gasteiger partial charge in [0, 0.05) is 17.1 Å². The van der Waals surface area contributed by atoms with Crippen molar-refractivity contribution < 1.29 is 4.79 Å². The first kappa shape index (κ1) is 17.6. The molecule has 2 aromatic rings. The lowest BCUT2D eigenvalue weighted by atomic mass is 10.0. The topological polar surface area (TPSA) is 29.1 Å². The smallest absolute Gasteiger partial charge is 0.221 e. The van der Waals surface area contributed by atoms with Gasteiger partial charge in [-0.2, -0.15) is 0 Å². The molecule has 2 aromatic carbocycles. The van der Waals surface area contributed by atoms with Gasteiger partial charge in [-0.1, -0.05) is 54.4 Å². The Bertz CT molecular complexity index is 619. The molecule has 0 aromatic heterocycles. The Balaban J connectivity index is 1.80. The van der Waals surface area contributed by atoms with E-state index >= 15 is 0 Å². The number of nitrogens with one attached hydrogen (secondary N) is 1. The van der Waals surface area contributed by atoms with Crippen molar-refractivity contribution in [3.8, 4) is 0 Å². The third-order valence-corrected chi connectivity index (χ3v) is 4.86. The van der Waals surface area contributed by atoms with Gasteiger partial charge in [-0.05, 0) is 38.0 Å². The number of hydrogen-bond donors (Lipinski definition) is 1. The molecular weight excluding hydrogens is 302 g/mol. The first-order chi connectivity index (χ1) is 11.1. The Hall–Kier alpha value is -1.74. The van der Waals surface area contributed by atoms with Gasteiger partial charge < -0.3 is 5.32 Å². The maximum Gasteiger partial charge on any atom is 0.221 e. The van der Waals surface area contributed by atoms with E-state index < -0.39 is 0 Å². The SMILES string of the molecule is CC[C@H](NC(=O)CCSc1ccc(C)cc1)c1ccc(C)cc1. The second-order valence-electron chi connectivity index (χ2n) is 5.85. The average Bonchev–Trinajstić information content (AvgIpc) is 2.55. The Morgan fingerprint density at radius 1 is 1.00 bits per heavy atom. The molecule has 1 atom stereocenters. The zero-order chi connectivity index (χ0) is 16.7. The van der Waals surface area contributed by atoms with Crippen LogP contribution in [0.25, 0.3) is 0 Å². The molecule has 2 rings (SSSR count). The minimum atomic E-state index is 0.104. The highest BCUT2D eigenvalue weighted by molar-refractivity contribution is 7.99. The molecule has 0 fully saturated rings. The molecule has 1 N–H and O–H groups in total. The van der Waals surface area contributed by atoms with E-state index in [1.165, 1.54) is 21.6 Å². The molecule has 0 aliphatic carbocycles. The van der Waals surface area contributed by atoms with Crippen molar-refractivity contribution in [1.29, 1.82) is 0 Å². The summed E-state index contributed by atoms with van der Waals surface area (Å²) in [6.07, 6.45) is 1.45. The highest BCUT2D eigenvalue weighted by Crippen LogP contribution is 2.20. The molecule has 2 nitrogen and oxygen atoms in total. The van der Waals surface area contributed by atoms with E-state index in [-0.39, 0.29) is 11.9 Å². The van der Waals surface area contributed by atoms with Gasteiger partial charge in [-0.3, -0.25) is 4.79 Å². The summed E-state index contributed by atoms with van der Waals surface area (Å²) in [5.74, 6) is 0.927. The fourth-order valence-electron chi connectivity index (χ4n) is 2.38. The summed E-state index contributed by atoms with van der Waals surface area (Å²) in [5.41, 5.74) is 3.68. The molecule has 0 heterocycles.